The van der Waals surface area contributed by atoms with E-state index in [0.717, 1.165) is 0 Å². The van der Waals surface area contributed by atoms with Crippen molar-refractivity contribution in [3.05, 3.63) is 105 Å². The predicted molar refractivity (Wildman–Crippen MR) is 166 cm³/mol. The summed E-state index contributed by atoms with van der Waals surface area (Å²) in [6.07, 6.45) is 3.43. The van der Waals surface area contributed by atoms with Crippen LogP contribution in [0, 0.1) is 23.0 Å². The van der Waals surface area contributed by atoms with Crippen LogP contribution in [0.15, 0.2) is 67.0 Å². The molecule has 10 nitrogen and oxygen atoms in total. The van der Waals surface area contributed by atoms with E-state index in [2.05, 4.69) is 32.0 Å². The van der Waals surface area contributed by atoms with E-state index in [9.17, 15) is 23.9 Å². The van der Waals surface area contributed by atoms with E-state index < -0.39 is 23.8 Å². The van der Waals surface area contributed by atoms with Crippen molar-refractivity contribution < 1.29 is 18.7 Å². The summed E-state index contributed by atoms with van der Waals surface area (Å²) in [5.74, 6) is -0.974. The van der Waals surface area contributed by atoms with E-state index >= 15 is 0 Å². The molecule has 3 heterocycles. The Bertz CT molecular complexity index is 1940. The Morgan fingerprint density at radius 1 is 1.04 bits per heavy atom. The minimum Gasteiger partial charge on any atom is -0.465 e. The number of pyridine rings is 1. The van der Waals surface area contributed by atoms with Crippen molar-refractivity contribution in [2.24, 2.45) is 0 Å². The zero-order valence-electron chi connectivity index (χ0n) is 23.4. The number of halogens is 4. The minimum absolute atomic E-state index is 0.0325. The second kappa shape index (κ2) is 12.6. The molecule has 0 aliphatic carbocycles. The fraction of sp³-hybridized carbons (Fsp3) is 0.194. The number of anilines is 3. The molecule has 0 saturated carbocycles. The largest absolute Gasteiger partial charge is 0.465 e. The van der Waals surface area contributed by atoms with Gasteiger partial charge >= 0.3 is 6.09 Å². The van der Waals surface area contributed by atoms with Gasteiger partial charge in [0, 0.05) is 36.0 Å². The monoisotopic (exact) mass is 648 g/mol. The molecule has 1 amide bonds. The number of nitrogens with one attached hydrogen (secondary N) is 2. The molecule has 14 heteroatoms. The van der Waals surface area contributed by atoms with Crippen LogP contribution in [0.4, 0.5) is 30.6 Å². The molecule has 6 rings (SSSR count). The first-order valence-corrected chi connectivity index (χ1v) is 14.6. The van der Waals surface area contributed by atoms with Gasteiger partial charge in [-0.3, -0.25) is 4.98 Å². The lowest BCUT2D eigenvalue weighted by Gasteiger charge is -2.29. The first kappa shape index (κ1) is 30.1. The van der Waals surface area contributed by atoms with Crippen LogP contribution in [0.3, 0.4) is 0 Å². The van der Waals surface area contributed by atoms with Gasteiger partial charge in [-0.25, -0.2) is 18.3 Å². The SMILES string of the molecule is N#Cc1cnc2c(Cl)cc(NC(c3ccc(F)cc3)c3cn(C4CCN(C(=O)O)CC4)nn3)cc2c1Nc1ccc(F)c(Cl)c1. The maximum Gasteiger partial charge on any atom is 0.407 e. The maximum absolute atomic E-state index is 13.9. The second-order valence-corrected chi connectivity index (χ2v) is 11.3. The summed E-state index contributed by atoms with van der Waals surface area (Å²) in [4.78, 5) is 17.1. The summed E-state index contributed by atoms with van der Waals surface area (Å²) < 4.78 is 29.4. The number of aromatic nitrogens is 4. The number of fused-ring (bicyclic) bond motifs is 1. The first-order chi connectivity index (χ1) is 21.7. The Balaban J connectivity index is 1.37. The number of likely N-dealkylation sites (tertiary alicyclic amines) is 1. The molecule has 1 saturated heterocycles. The summed E-state index contributed by atoms with van der Waals surface area (Å²) >= 11 is 12.7. The van der Waals surface area contributed by atoms with Crippen LogP contribution in [0.1, 0.15) is 41.7 Å². The lowest BCUT2D eigenvalue weighted by Crippen LogP contribution is -2.38. The molecule has 0 radical (unpaired) electrons. The van der Waals surface area contributed by atoms with Crippen molar-refractivity contribution in [3.63, 3.8) is 0 Å². The fourth-order valence-electron chi connectivity index (χ4n) is 5.35. The van der Waals surface area contributed by atoms with Gasteiger partial charge in [0.15, 0.2) is 0 Å². The standard InChI is InChI=1S/C31H24Cl2F2N8O2/c32-24-12-20(5-6-26(24)35)38-28-18(14-36)15-37-30-23(28)11-21(13-25(30)33)39-29(17-1-3-19(34)4-2-17)27-16-43(41-40-27)22-7-9-42(10-8-22)31(44)45/h1-6,11-13,15-16,22,29,39H,7-10H2,(H,37,38)(H,44,45). The number of carboxylic acid groups (broad SMARTS) is 1. The van der Waals surface area contributed by atoms with Gasteiger partial charge in [-0.1, -0.05) is 40.5 Å². The quantitative estimate of drug-likeness (QED) is 0.165. The molecule has 228 valence electrons. The normalized spacial score (nSPS) is 14.2. The lowest BCUT2D eigenvalue weighted by molar-refractivity contribution is 0.123. The molecule has 1 atom stereocenters. The third-order valence-corrected chi connectivity index (χ3v) is 8.26. The van der Waals surface area contributed by atoms with Gasteiger partial charge in [-0.2, -0.15) is 5.26 Å². The van der Waals surface area contributed by atoms with Gasteiger partial charge in [0.1, 0.15) is 23.4 Å². The van der Waals surface area contributed by atoms with Crippen molar-refractivity contribution in [3.8, 4) is 6.07 Å². The summed E-state index contributed by atoms with van der Waals surface area (Å²) in [5.41, 5.74) is 3.29. The van der Waals surface area contributed by atoms with Gasteiger partial charge < -0.3 is 20.6 Å². The summed E-state index contributed by atoms with van der Waals surface area (Å²) in [6.45, 7) is 0.785. The van der Waals surface area contributed by atoms with Crippen molar-refractivity contribution in [1.82, 2.24) is 24.9 Å². The van der Waals surface area contributed by atoms with Crippen LogP contribution in [0.5, 0.6) is 0 Å². The van der Waals surface area contributed by atoms with Gasteiger partial charge in [0.2, 0.25) is 0 Å². The number of nitriles is 1. The summed E-state index contributed by atoms with van der Waals surface area (Å²) in [5, 5.41) is 35.2. The Hall–Kier alpha value is -4.99. The molecule has 0 bridgehead atoms. The van der Waals surface area contributed by atoms with Crippen LogP contribution in [-0.4, -0.2) is 49.2 Å². The molecule has 1 aliphatic heterocycles. The highest BCUT2D eigenvalue weighted by Crippen LogP contribution is 2.37. The van der Waals surface area contributed by atoms with Gasteiger partial charge in [0.25, 0.3) is 0 Å². The van der Waals surface area contributed by atoms with Crippen LogP contribution in [0.25, 0.3) is 10.9 Å². The van der Waals surface area contributed by atoms with E-state index in [1.807, 2.05) is 0 Å². The number of amides is 1. The highest BCUT2D eigenvalue weighted by molar-refractivity contribution is 6.36. The van der Waals surface area contributed by atoms with E-state index in [0.29, 0.717) is 70.2 Å². The molecule has 1 fully saturated rings. The topological polar surface area (TPSA) is 132 Å². The average Bonchev–Trinajstić information content (AvgIpc) is 3.53. The molecular weight excluding hydrogens is 625 g/mol. The second-order valence-electron chi connectivity index (χ2n) is 10.5. The molecule has 0 spiro atoms. The van der Waals surface area contributed by atoms with Gasteiger partial charge in [0.05, 0.1) is 45.1 Å². The molecule has 45 heavy (non-hydrogen) atoms. The lowest BCUT2D eigenvalue weighted by atomic mass is 10.0. The summed E-state index contributed by atoms with van der Waals surface area (Å²) in [7, 11) is 0. The third kappa shape index (κ3) is 6.31. The molecular formula is C31H24Cl2F2N8O2. The molecule has 2 aromatic heterocycles. The van der Waals surface area contributed by atoms with Crippen molar-refractivity contribution in [1.29, 1.82) is 5.26 Å². The number of benzene rings is 3. The maximum atomic E-state index is 13.9. The first-order valence-electron chi connectivity index (χ1n) is 13.9. The Kier molecular flexibility index (Phi) is 8.38. The minimum atomic E-state index is -0.945. The molecule has 1 aliphatic rings. The average molecular weight is 649 g/mol. The Labute approximate surface area is 265 Å². The van der Waals surface area contributed by atoms with Crippen LogP contribution >= 0.6 is 23.2 Å². The van der Waals surface area contributed by atoms with Gasteiger partial charge in [-0.05, 0) is 60.9 Å². The summed E-state index contributed by atoms with van der Waals surface area (Å²) in [6, 6.07) is 15.1. The molecule has 3 N–H and O–H groups in total. The van der Waals surface area contributed by atoms with E-state index in [-0.39, 0.29) is 16.6 Å². The smallest absolute Gasteiger partial charge is 0.407 e. The fourth-order valence-corrected chi connectivity index (χ4v) is 5.80. The Morgan fingerprint density at radius 2 is 1.78 bits per heavy atom. The number of piperidine rings is 1. The molecule has 3 aromatic carbocycles. The highest BCUT2D eigenvalue weighted by atomic mass is 35.5. The zero-order chi connectivity index (χ0) is 31.7. The van der Waals surface area contributed by atoms with Crippen molar-refractivity contribution in [2.45, 2.75) is 24.9 Å². The molecule has 5 aromatic rings. The van der Waals surface area contributed by atoms with Crippen LogP contribution in [-0.2, 0) is 0 Å². The third-order valence-electron chi connectivity index (χ3n) is 7.68. The van der Waals surface area contributed by atoms with E-state index in [1.165, 1.54) is 41.4 Å². The number of nitrogens with zero attached hydrogens (tertiary/aromatic N) is 6. The van der Waals surface area contributed by atoms with E-state index in [1.54, 1.807) is 35.1 Å². The Morgan fingerprint density at radius 3 is 2.47 bits per heavy atom. The van der Waals surface area contributed by atoms with Crippen LogP contribution in [0.2, 0.25) is 10.0 Å². The predicted octanol–water partition coefficient (Wildman–Crippen LogP) is 7.54. The zero-order valence-corrected chi connectivity index (χ0v) is 24.9. The number of hydrogen-bond acceptors (Lipinski definition) is 7. The van der Waals surface area contributed by atoms with Crippen LogP contribution < -0.4 is 10.6 Å². The molecule has 1 unspecified atom stereocenters. The number of carbonyl (C=O) groups is 1. The number of rotatable bonds is 7. The number of hydrogen-bond donors (Lipinski definition) is 3. The van der Waals surface area contributed by atoms with Gasteiger partial charge in [-0.15, -0.1) is 5.10 Å². The van der Waals surface area contributed by atoms with E-state index in [4.69, 9.17) is 23.2 Å². The van der Waals surface area contributed by atoms with Crippen molar-refractivity contribution in [2.75, 3.05) is 23.7 Å². The highest BCUT2D eigenvalue weighted by Gasteiger charge is 2.26. The van der Waals surface area contributed by atoms with Crippen molar-refractivity contribution >= 4 is 57.3 Å².